The second kappa shape index (κ2) is 3.74. The van der Waals surface area contributed by atoms with Crippen LogP contribution in [0.2, 0.25) is 0 Å². The second-order valence-corrected chi connectivity index (χ2v) is 4.29. The van der Waals surface area contributed by atoms with Crippen molar-refractivity contribution in [3.8, 4) is 0 Å². The summed E-state index contributed by atoms with van der Waals surface area (Å²) in [6.07, 6.45) is 0. The molecule has 0 fully saturated rings. The van der Waals surface area contributed by atoms with Gasteiger partial charge < -0.3 is 0 Å². The minimum Gasteiger partial charge on any atom is -0.289 e. The number of fused-ring (bicyclic) bond motifs is 2. The first-order valence-electron chi connectivity index (χ1n) is 5.55. The topological polar surface area (TPSA) is 102 Å². The van der Waals surface area contributed by atoms with Gasteiger partial charge in [0.05, 0.1) is 16.2 Å². The summed E-state index contributed by atoms with van der Waals surface area (Å²) in [5.74, 6) is 0. The van der Waals surface area contributed by atoms with E-state index < -0.39 is 48.7 Å². The van der Waals surface area contributed by atoms with E-state index in [2.05, 4.69) is 0 Å². The summed E-state index contributed by atoms with van der Waals surface area (Å²) in [4.78, 5) is 70.7. The van der Waals surface area contributed by atoms with E-state index in [-0.39, 0.29) is 5.39 Å². The Labute approximate surface area is 108 Å². The minimum absolute atomic E-state index is 0.310. The van der Waals surface area contributed by atoms with Gasteiger partial charge in [-0.25, -0.2) is 0 Å². The van der Waals surface area contributed by atoms with Crippen molar-refractivity contribution in [2.24, 2.45) is 0 Å². The number of hydrogen-bond donors (Lipinski definition) is 0. The van der Waals surface area contributed by atoms with E-state index in [1.54, 1.807) is 0 Å². The molecule has 3 aromatic rings. The van der Waals surface area contributed by atoms with Gasteiger partial charge in [0.25, 0.3) is 0 Å². The van der Waals surface area contributed by atoms with E-state index in [0.717, 1.165) is 24.3 Å². The number of hydrogen-bond acceptors (Lipinski definition) is 6. The molecule has 6 nitrogen and oxygen atoms in total. The lowest BCUT2D eigenvalue weighted by Gasteiger charge is -1.97. The van der Waals surface area contributed by atoms with E-state index in [0.29, 0.717) is 0 Å². The van der Waals surface area contributed by atoms with Crippen molar-refractivity contribution in [2.45, 2.75) is 0 Å². The van der Waals surface area contributed by atoms with E-state index in [4.69, 9.17) is 0 Å². The molecular weight excluding hydrogens is 264 g/mol. The van der Waals surface area contributed by atoms with Crippen LogP contribution in [0.5, 0.6) is 0 Å². The third-order valence-electron chi connectivity index (χ3n) is 3.18. The highest BCUT2D eigenvalue weighted by Gasteiger charge is 2.18. The molecular formula is C14H4O6. The van der Waals surface area contributed by atoms with Gasteiger partial charge in [0.15, 0.2) is 16.3 Å². The first-order valence-corrected chi connectivity index (χ1v) is 5.55. The maximum absolute atomic E-state index is 12.2. The van der Waals surface area contributed by atoms with Crippen LogP contribution in [0.1, 0.15) is 0 Å². The van der Waals surface area contributed by atoms with Crippen molar-refractivity contribution in [2.75, 3.05) is 0 Å². The number of benzene rings is 3. The average Bonchev–Trinajstić information content (AvgIpc) is 2.41. The zero-order valence-corrected chi connectivity index (χ0v) is 9.76. The smallest absolute Gasteiger partial charge is 0.237 e. The van der Waals surface area contributed by atoms with E-state index >= 15 is 0 Å². The molecule has 96 valence electrons. The molecule has 0 aliphatic carbocycles. The molecule has 0 aliphatic heterocycles. The van der Waals surface area contributed by atoms with Crippen molar-refractivity contribution < 1.29 is 0 Å². The Morgan fingerprint density at radius 3 is 1.55 bits per heavy atom. The van der Waals surface area contributed by atoms with Crippen LogP contribution in [-0.4, -0.2) is 0 Å². The molecule has 0 atom stereocenters. The van der Waals surface area contributed by atoms with Crippen LogP contribution in [0.4, 0.5) is 0 Å². The SMILES string of the molecule is O=c1ccc2c(=O)c3c(=O)ccc(=O)c3c(=O)c2c1=O. The zero-order chi connectivity index (χ0) is 14.6. The summed E-state index contributed by atoms with van der Waals surface area (Å²) < 4.78 is 0. The first kappa shape index (κ1) is 12.0. The molecule has 0 heterocycles. The molecule has 0 bridgehead atoms. The predicted octanol–water partition coefficient (Wildman–Crippen LogP) is -1.53. The lowest BCUT2D eigenvalue weighted by molar-refractivity contribution is 1.49. The van der Waals surface area contributed by atoms with Gasteiger partial charge in [0.2, 0.25) is 16.3 Å². The van der Waals surface area contributed by atoms with Crippen LogP contribution < -0.4 is 32.6 Å². The molecule has 3 rings (SSSR count). The normalized spacial score (nSPS) is 11.2. The Bertz CT molecular complexity index is 1190. The Morgan fingerprint density at radius 2 is 0.950 bits per heavy atom. The van der Waals surface area contributed by atoms with E-state index in [1.807, 2.05) is 0 Å². The van der Waals surface area contributed by atoms with Crippen molar-refractivity contribution in [3.05, 3.63) is 85.6 Å². The minimum atomic E-state index is -1.14. The third-order valence-corrected chi connectivity index (χ3v) is 3.18. The van der Waals surface area contributed by atoms with Gasteiger partial charge in [-0.15, -0.1) is 0 Å². The largest absolute Gasteiger partial charge is 0.289 e. The molecule has 0 unspecified atom stereocenters. The summed E-state index contributed by atoms with van der Waals surface area (Å²) in [6.45, 7) is 0. The Balaban J connectivity index is 2.99. The fourth-order valence-corrected chi connectivity index (χ4v) is 2.25. The first-order chi connectivity index (χ1) is 9.43. The van der Waals surface area contributed by atoms with Crippen molar-refractivity contribution in [3.63, 3.8) is 0 Å². The second-order valence-electron chi connectivity index (χ2n) is 4.29. The molecule has 0 amide bonds. The fraction of sp³-hybridized carbons (Fsp3) is 0. The summed E-state index contributed by atoms with van der Waals surface area (Å²) in [5.41, 5.74) is -5.59. The summed E-state index contributed by atoms with van der Waals surface area (Å²) in [5, 5.41) is -2.10. The quantitative estimate of drug-likeness (QED) is 0.362. The molecule has 0 radical (unpaired) electrons. The van der Waals surface area contributed by atoms with Crippen LogP contribution >= 0.6 is 0 Å². The molecule has 0 saturated carbocycles. The summed E-state index contributed by atoms with van der Waals surface area (Å²) in [6, 6.07) is 3.66. The van der Waals surface area contributed by atoms with Crippen molar-refractivity contribution in [1.82, 2.24) is 0 Å². The molecule has 0 spiro atoms. The highest BCUT2D eigenvalue weighted by Crippen LogP contribution is 2.03. The van der Waals surface area contributed by atoms with Gasteiger partial charge in [-0.3, -0.25) is 28.8 Å². The molecule has 0 aliphatic rings. The average molecular weight is 268 g/mol. The van der Waals surface area contributed by atoms with Crippen LogP contribution in [0.25, 0.3) is 21.5 Å². The Kier molecular flexibility index (Phi) is 2.25. The van der Waals surface area contributed by atoms with Crippen LogP contribution in [0, 0.1) is 0 Å². The molecule has 6 heteroatoms. The van der Waals surface area contributed by atoms with Gasteiger partial charge in [0.1, 0.15) is 0 Å². The summed E-state index contributed by atoms with van der Waals surface area (Å²) in [7, 11) is 0. The molecule has 0 aromatic heterocycles. The maximum Gasteiger partial charge on any atom is 0.237 e. The van der Waals surface area contributed by atoms with Gasteiger partial charge in [-0.2, -0.15) is 0 Å². The lowest BCUT2D eigenvalue weighted by atomic mass is 10.0. The van der Waals surface area contributed by atoms with Crippen LogP contribution in [0.3, 0.4) is 0 Å². The Hall–Kier alpha value is -3.02. The van der Waals surface area contributed by atoms with Gasteiger partial charge in [-0.1, -0.05) is 0 Å². The van der Waals surface area contributed by atoms with Crippen molar-refractivity contribution >= 4 is 21.5 Å². The van der Waals surface area contributed by atoms with Crippen LogP contribution in [0.15, 0.2) is 53.0 Å². The highest BCUT2D eigenvalue weighted by molar-refractivity contribution is 5.97. The van der Waals surface area contributed by atoms with E-state index in [1.165, 1.54) is 0 Å². The van der Waals surface area contributed by atoms with Gasteiger partial charge in [0, 0.05) is 5.39 Å². The standard InChI is InChI=1S/C14H4O6/c15-6-3-4-7(16)11-10(6)12(18)5-1-2-8(17)13(19)9(5)14(11)20/h1-4H. The van der Waals surface area contributed by atoms with Crippen molar-refractivity contribution in [1.29, 1.82) is 0 Å². The van der Waals surface area contributed by atoms with Gasteiger partial charge in [-0.05, 0) is 24.3 Å². The van der Waals surface area contributed by atoms with E-state index in [9.17, 15) is 28.8 Å². The lowest BCUT2D eigenvalue weighted by Crippen LogP contribution is -2.32. The third kappa shape index (κ3) is 1.33. The molecule has 0 saturated heterocycles. The highest BCUT2D eigenvalue weighted by atomic mass is 16.2. The monoisotopic (exact) mass is 268 g/mol. The maximum atomic E-state index is 12.2. The Morgan fingerprint density at radius 1 is 0.450 bits per heavy atom. The van der Waals surface area contributed by atoms with Gasteiger partial charge >= 0.3 is 0 Å². The predicted molar refractivity (Wildman–Crippen MR) is 72.6 cm³/mol. The zero-order valence-electron chi connectivity index (χ0n) is 9.76. The number of rotatable bonds is 0. The molecule has 3 aromatic carbocycles. The van der Waals surface area contributed by atoms with Crippen LogP contribution in [-0.2, 0) is 0 Å². The fourth-order valence-electron chi connectivity index (χ4n) is 2.25. The summed E-state index contributed by atoms with van der Waals surface area (Å²) >= 11 is 0. The molecule has 0 N–H and O–H groups in total. The molecule has 20 heavy (non-hydrogen) atoms.